The molecule has 2 aromatic carbocycles. The van der Waals surface area contributed by atoms with E-state index in [0.29, 0.717) is 31.7 Å². The van der Waals surface area contributed by atoms with Gasteiger partial charge in [-0.15, -0.1) is 0 Å². The number of benzene rings is 2. The van der Waals surface area contributed by atoms with Crippen molar-refractivity contribution in [1.29, 1.82) is 0 Å². The summed E-state index contributed by atoms with van der Waals surface area (Å²) in [7, 11) is 1.64. The van der Waals surface area contributed by atoms with Gasteiger partial charge in [0.2, 0.25) is 0 Å². The fourth-order valence-electron chi connectivity index (χ4n) is 3.99. The third kappa shape index (κ3) is 4.64. The minimum Gasteiger partial charge on any atom is -0.380 e. The van der Waals surface area contributed by atoms with E-state index in [1.165, 1.54) is 0 Å². The van der Waals surface area contributed by atoms with Crippen molar-refractivity contribution in [2.75, 3.05) is 20.3 Å². The van der Waals surface area contributed by atoms with Crippen LogP contribution in [0.3, 0.4) is 0 Å². The zero-order valence-electron chi connectivity index (χ0n) is 17.8. The van der Waals surface area contributed by atoms with E-state index < -0.39 is 17.9 Å². The highest BCUT2D eigenvalue weighted by molar-refractivity contribution is 5.95. The molecule has 9 nitrogen and oxygen atoms in total. The van der Waals surface area contributed by atoms with Crippen molar-refractivity contribution in [3.8, 4) is 0 Å². The van der Waals surface area contributed by atoms with Crippen molar-refractivity contribution in [1.82, 2.24) is 20.3 Å². The summed E-state index contributed by atoms with van der Waals surface area (Å²) in [6.45, 7) is 1.60. The van der Waals surface area contributed by atoms with Crippen LogP contribution in [0, 0.1) is 5.92 Å². The Balaban J connectivity index is 1.48. The Labute approximate surface area is 185 Å². The van der Waals surface area contributed by atoms with Gasteiger partial charge in [0.25, 0.3) is 11.8 Å². The van der Waals surface area contributed by atoms with E-state index >= 15 is 0 Å². The average Bonchev–Trinajstić information content (AvgIpc) is 3.16. The summed E-state index contributed by atoms with van der Waals surface area (Å²) in [4.78, 5) is 29.2. The molecule has 4 rings (SSSR count). The monoisotopic (exact) mass is 438 g/mol. The molecule has 32 heavy (non-hydrogen) atoms. The number of rotatable bonds is 7. The number of aromatic nitrogens is 2. The van der Waals surface area contributed by atoms with Crippen molar-refractivity contribution in [3.05, 3.63) is 65.5 Å². The number of methoxy groups -OCH3 is 1. The Morgan fingerprint density at radius 2 is 2.00 bits per heavy atom. The van der Waals surface area contributed by atoms with Crippen LogP contribution in [-0.2, 0) is 27.4 Å². The minimum atomic E-state index is -0.634. The molecule has 3 aromatic rings. The van der Waals surface area contributed by atoms with Crippen LogP contribution >= 0.6 is 0 Å². The first-order chi connectivity index (χ1) is 15.6. The number of imidazole rings is 1. The molecular weight excluding hydrogens is 412 g/mol. The lowest BCUT2D eigenvalue weighted by molar-refractivity contribution is -0.138. The first kappa shape index (κ1) is 21.9. The van der Waals surface area contributed by atoms with E-state index in [1.54, 1.807) is 24.7 Å². The fourth-order valence-corrected chi connectivity index (χ4v) is 3.99. The van der Waals surface area contributed by atoms with E-state index in [4.69, 9.17) is 14.7 Å². The van der Waals surface area contributed by atoms with Gasteiger partial charge in [-0.05, 0) is 36.2 Å². The van der Waals surface area contributed by atoms with Gasteiger partial charge in [0.05, 0.1) is 23.6 Å². The number of fused-ring (bicyclic) bond motifs is 1. The summed E-state index contributed by atoms with van der Waals surface area (Å²) in [5, 5.41) is 11.8. The zero-order valence-corrected chi connectivity index (χ0v) is 17.8. The second-order valence-electron chi connectivity index (χ2n) is 7.76. The highest BCUT2D eigenvalue weighted by atomic mass is 16.5. The van der Waals surface area contributed by atoms with E-state index in [2.05, 4.69) is 14.9 Å². The van der Waals surface area contributed by atoms with Crippen LogP contribution in [0.2, 0.25) is 0 Å². The fraction of sp³-hybridized carbons (Fsp3) is 0.348. The topological polar surface area (TPSA) is 115 Å². The van der Waals surface area contributed by atoms with Crippen molar-refractivity contribution in [2.24, 2.45) is 5.92 Å². The van der Waals surface area contributed by atoms with Gasteiger partial charge in [-0.2, -0.15) is 0 Å². The van der Waals surface area contributed by atoms with E-state index in [0.717, 1.165) is 22.4 Å². The molecule has 9 heteroatoms. The lowest BCUT2D eigenvalue weighted by Gasteiger charge is -2.30. The smallest absolute Gasteiger partial charge is 0.251 e. The third-order valence-corrected chi connectivity index (χ3v) is 5.68. The Hall–Kier alpha value is -3.27. The summed E-state index contributed by atoms with van der Waals surface area (Å²) in [5.41, 5.74) is 5.09. The number of carbonyl (C=O) groups excluding carboxylic acids is 2. The predicted molar refractivity (Wildman–Crippen MR) is 116 cm³/mol. The van der Waals surface area contributed by atoms with Gasteiger partial charge in [0, 0.05) is 31.9 Å². The molecule has 1 saturated heterocycles. The second-order valence-corrected chi connectivity index (χ2v) is 7.76. The number of amides is 2. The van der Waals surface area contributed by atoms with Gasteiger partial charge >= 0.3 is 0 Å². The van der Waals surface area contributed by atoms with Crippen molar-refractivity contribution >= 4 is 22.8 Å². The number of ether oxygens (including phenoxy) is 2. The number of hydrogen-bond donors (Lipinski definition) is 3. The molecule has 2 amide bonds. The standard InChI is InChI=1S/C23H26N4O5/c1-31-14-21-24-19-4-2-3-5-20(19)27(21)12-15-6-8-16(9-7-15)22(28)25-18-10-11-32-13-17(18)23(29)26-30/h2-9,17-18,30H,10-14H2,1H3,(H,25,28)(H,26,29)/t17-,18+/m0/s1. The minimum absolute atomic E-state index is 0.152. The van der Waals surface area contributed by atoms with E-state index in [-0.39, 0.29) is 12.5 Å². The van der Waals surface area contributed by atoms with E-state index in [9.17, 15) is 9.59 Å². The van der Waals surface area contributed by atoms with Crippen molar-refractivity contribution < 1.29 is 24.3 Å². The molecule has 0 saturated carbocycles. The quantitative estimate of drug-likeness (QED) is 0.383. The molecular formula is C23H26N4O5. The second kappa shape index (κ2) is 9.90. The molecule has 0 spiro atoms. The molecule has 1 aromatic heterocycles. The van der Waals surface area contributed by atoms with Gasteiger partial charge in [-0.25, -0.2) is 10.5 Å². The van der Waals surface area contributed by atoms with Crippen LogP contribution in [0.25, 0.3) is 11.0 Å². The molecule has 1 fully saturated rings. The molecule has 1 aliphatic rings. The molecule has 0 aliphatic carbocycles. The Bertz CT molecular complexity index is 1100. The Kier molecular flexibility index (Phi) is 6.79. The molecule has 2 heterocycles. The summed E-state index contributed by atoms with van der Waals surface area (Å²) >= 11 is 0. The Morgan fingerprint density at radius 1 is 1.22 bits per heavy atom. The first-order valence-electron chi connectivity index (χ1n) is 10.4. The number of nitrogens with one attached hydrogen (secondary N) is 2. The van der Waals surface area contributed by atoms with Crippen LogP contribution in [0.15, 0.2) is 48.5 Å². The predicted octanol–water partition coefficient (Wildman–Crippen LogP) is 1.87. The number of para-hydroxylation sites is 2. The lowest BCUT2D eigenvalue weighted by Crippen LogP contribution is -2.51. The SMILES string of the molecule is COCc1nc2ccccc2n1Cc1ccc(C(=O)N[C@@H]2CCOC[C@@H]2C(=O)NO)cc1. The van der Waals surface area contributed by atoms with Gasteiger partial charge in [-0.3, -0.25) is 14.8 Å². The van der Waals surface area contributed by atoms with Gasteiger partial charge < -0.3 is 19.4 Å². The Morgan fingerprint density at radius 3 is 2.75 bits per heavy atom. The number of hydroxylamine groups is 1. The summed E-state index contributed by atoms with van der Waals surface area (Å²) < 4.78 is 12.7. The van der Waals surface area contributed by atoms with Crippen LogP contribution in [0.4, 0.5) is 0 Å². The molecule has 2 atom stereocenters. The summed E-state index contributed by atoms with van der Waals surface area (Å²) in [6.07, 6.45) is 0.498. The zero-order chi connectivity index (χ0) is 22.5. The van der Waals surface area contributed by atoms with Crippen LogP contribution in [0.5, 0.6) is 0 Å². The summed E-state index contributed by atoms with van der Waals surface area (Å²) in [6, 6.07) is 14.9. The van der Waals surface area contributed by atoms with Gasteiger partial charge in [0.15, 0.2) is 0 Å². The summed E-state index contributed by atoms with van der Waals surface area (Å²) in [5.74, 6) is -0.633. The number of hydrogen-bond acceptors (Lipinski definition) is 6. The maximum Gasteiger partial charge on any atom is 0.251 e. The first-order valence-corrected chi connectivity index (χ1v) is 10.4. The molecule has 0 bridgehead atoms. The van der Waals surface area contributed by atoms with Crippen LogP contribution in [-0.4, -0.2) is 52.9 Å². The number of carbonyl (C=O) groups is 2. The third-order valence-electron chi connectivity index (χ3n) is 5.68. The van der Waals surface area contributed by atoms with Crippen molar-refractivity contribution in [2.45, 2.75) is 25.6 Å². The van der Waals surface area contributed by atoms with Crippen molar-refractivity contribution in [3.63, 3.8) is 0 Å². The molecule has 0 unspecified atom stereocenters. The molecule has 0 radical (unpaired) electrons. The maximum atomic E-state index is 12.7. The van der Waals surface area contributed by atoms with Crippen LogP contribution in [0.1, 0.15) is 28.2 Å². The highest BCUT2D eigenvalue weighted by Gasteiger charge is 2.32. The lowest BCUT2D eigenvalue weighted by atomic mass is 9.94. The highest BCUT2D eigenvalue weighted by Crippen LogP contribution is 2.20. The molecule has 1 aliphatic heterocycles. The molecule has 3 N–H and O–H groups in total. The maximum absolute atomic E-state index is 12.7. The van der Waals surface area contributed by atoms with Crippen LogP contribution < -0.4 is 10.8 Å². The van der Waals surface area contributed by atoms with E-state index in [1.807, 2.05) is 36.4 Å². The average molecular weight is 438 g/mol. The largest absolute Gasteiger partial charge is 0.380 e. The van der Waals surface area contributed by atoms with Gasteiger partial charge in [-0.1, -0.05) is 24.3 Å². The molecule has 168 valence electrons. The normalized spacial score (nSPS) is 18.4. The van der Waals surface area contributed by atoms with Gasteiger partial charge in [0.1, 0.15) is 12.4 Å². The number of nitrogens with zero attached hydrogens (tertiary/aromatic N) is 2.